The van der Waals surface area contributed by atoms with E-state index in [1.807, 2.05) is 6.07 Å². The van der Waals surface area contributed by atoms with E-state index >= 15 is 0 Å². The van der Waals surface area contributed by atoms with Crippen LogP contribution in [0.15, 0.2) is 18.2 Å². The largest absolute Gasteiger partial charge is 0.326 e. The highest BCUT2D eigenvalue weighted by Crippen LogP contribution is 2.22. The Hall–Kier alpha value is -0.640. The fraction of sp³-hybridized carbons (Fsp3) is 0.455. The van der Waals surface area contributed by atoms with Gasteiger partial charge in [0, 0.05) is 25.7 Å². The summed E-state index contributed by atoms with van der Waals surface area (Å²) in [4.78, 5) is 2.20. The van der Waals surface area contributed by atoms with Gasteiger partial charge in [0.15, 0.2) is 0 Å². The van der Waals surface area contributed by atoms with Gasteiger partial charge in [-0.25, -0.2) is 4.39 Å². The summed E-state index contributed by atoms with van der Waals surface area (Å²) in [5, 5.41) is 0.234. The molecular formula is C11H14ClFN2. The van der Waals surface area contributed by atoms with Gasteiger partial charge in [-0.2, -0.15) is 0 Å². The van der Waals surface area contributed by atoms with Crippen molar-refractivity contribution < 1.29 is 4.39 Å². The highest BCUT2D eigenvalue weighted by Gasteiger charge is 2.20. The normalized spacial score (nSPS) is 22.2. The molecule has 0 bridgehead atoms. The molecular weight excluding hydrogens is 215 g/mol. The molecule has 1 fully saturated rings. The lowest BCUT2D eigenvalue weighted by Gasteiger charge is -2.16. The first-order valence-electron chi connectivity index (χ1n) is 5.07. The van der Waals surface area contributed by atoms with Crippen LogP contribution in [0.1, 0.15) is 12.0 Å². The summed E-state index contributed by atoms with van der Waals surface area (Å²) < 4.78 is 13.2. The zero-order chi connectivity index (χ0) is 10.8. The summed E-state index contributed by atoms with van der Waals surface area (Å²) in [6.07, 6.45) is 1.01. The zero-order valence-corrected chi connectivity index (χ0v) is 9.17. The van der Waals surface area contributed by atoms with Crippen LogP contribution < -0.4 is 5.73 Å². The van der Waals surface area contributed by atoms with Crippen LogP contribution in [0.25, 0.3) is 0 Å². The number of hydrogen-bond acceptors (Lipinski definition) is 2. The van der Waals surface area contributed by atoms with Crippen molar-refractivity contribution in [1.29, 1.82) is 0 Å². The molecule has 0 radical (unpaired) electrons. The molecule has 82 valence electrons. The summed E-state index contributed by atoms with van der Waals surface area (Å²) in [6.45, 7) is 2.52. The lowest BCUT2D eigenvalue weighted by molar-refractivity contribution is 0.326. The van der Waals surface area contributed by atoms with Crippen molar-refractivity contribution in [3.05, 3.63) is 34.6 Å². The number of hydrogen-bond donors (Lipinski definition) is 1. The maximum absolute atomic E-state index is 13.2. The van der Waals surface area contributed by atoms with Crippen molar-refractivity contribution in [1.82, 2.24) is 4.90 Å². The second-order valence-corrected chi connectivity index (χ2v) is 4.37. The minimum absolute atomic E-state index is 0.234. The van der Waals surface area contributed by atoms with Crippen LogP contribution in [-0.4, -0.2) is 24.0 Å². The molecule has 2 N–H and O–H groups in total. The predicted molar refractivity (Wildman–Crippen MR) is 59.3 cm³/mol. The van der Waals surface area contributed by atoms with E-state index < -0.39 is 0 Å². The minimum Gasteiger partial charge on any atom is -0.326 e. The molecule has 1 aromatic rings. The molecule has 1 aliphatic rings. The molecule has 2 nitrogen and oxygen atoms in total. The van der Waals surface area contributed by atoms with E-state index in [1.165, 1.54) is 6.07 Å². The van der Waals surface area contributed by atoms with Gasteiger partial charge in [0.25, 0.3) is 0 Å². The topological polar surface area (TPSA) is 29.3 Å². The molecule has 0 saturated carbocycles. The lowest BCUT2D eigenvalue weighted by Crippen LogP contribution is -2.26. The monoisotopic (exact) mass is 228 g/mol. The van der Waals surface area contributed by atoms with Crippen molar-refractivity contribution in [2.75, 3.05) is 13.1 Å². The van der Waals surface area contributed by atoms with E-state index in [2.05, 4.69) is 4.90 Å². The molecule has 0 unspecified atom stereocenters. The molecule has 1 heterocycles. The number of rotatable bonds is 2. The van der Waals surface area contributed by atoms with Crippen molar-refractivity contribution >= 4 is 11.6 Å². The molecule has 1 atom stereocenters. The molecule has 0 aliphatic carbocycles. The molecule has 0 spiro atoms. The molecule has 1 aromatic carbocycles. The Balaban J connectivity index is 2.07. The Bertz CT molecular complexity index is 356. The van der Waals surface area contributed by atoms with Gasteiger partial charge in [-0.15, -0.1) is 0 Å². The Morgan fingerprint density at radius 1 is 1.53 bits per heavy atom. The lowest BCUT2D eigenvalue weighted by atomic mass is 10.2. The van der Waals surface area contributed by atoms with E-state index in [9.17, 15) is 4.39 Å². The zero-order valence-electron chi connectivity index (χ0n) is 8.42. The summed E-state index contributed by atoms with van der Waals surface area (Å²) in [6, 6.07) is 5.17. The van der Waals surface area contributed by atoms with Gasteiger partial charge in [0.2, 0.25) is 0 Å². The van der Waals surface area contributed by atoms with Crippen LogP contribution in [0.5, 0.6) is 0 Å². The fourth-order valence-corrected chi connectivity index (χ4v) is 2.10. The minimum atomic E-state index is -0.349. The summed E-state index contributed by atoms with van der Waals surface area (Å²) in [5.41, 5.74) is 6.64. The van der Waals surface area contributed by atoms with Crippen LogP contribution >= 0.6 is 11.6 Å². The smallest absolute Gasteiger partial charge is 0.142 e. The Kier molecular flexibility index (Phi) is 3.24. The highest BCUT2D eigenvalue weighted by atomic mass is 35.5. The van der Waals surface area contributed by atoms with E-state index in [4.69, 9.17) is 17.3 Å². The summed E-state index contributed by atoms with van der Waals surface area (Å²) in [7, 11) is 0. The maximum Gasteiger partial charge on any atom is 0.142 e. The third-order valence-corrected chi connectivity index (χ3v) is 3.16. The van der Waals surface area contributed by atoms with E-state index in [0.29, 0.717) is 6.54 Å². The Morgan fingerprint density at radius 3 is 3.00 bits per heavy atom. The number of nitrogens with two attached hydrogens (primary N) is 1. The second kappa shape index (κ2) is 4.47. The van der Waals surface area contributed by atoms with Gasteiger partial charge in [-0.1, -0.05) is 23.7 Å². The first kappa shape index (κ1) is 10.9. The van der Waals surface area contributed by atoms with Crippen molar-refractivity contribution in [2.24, 2.45) is 5.73 Å². The van der Waals surface area contributed by atoms with Crippen LogP contribution in [0.3, 0.4) is 0 Å². The van der Waals surface area contributed by atoms with Gasteiger partial charge in [-0.05, 0) is 18.1 Å². The molecule has 1 aliphatic heterocycles. The van der Waals surface area contributed by atoms with Crippen LogP contribution in [-0.2, 0) is 6.54 Å². The predicted octanol–water partition coefficient (Wildman–Crippen LogP) is 2.01. The van der Waals surface area contributed by atoms with Crippen LogP contribution in [0.4, 0.5) is 4.39 Å². The number of nitrogens with zero attached hydrogens (tertiary/aromatic N) is 1. The Morgan fingerprint density at radius 2 is 2.33 bits per heavy atom. The quantitative estimate of drug-likeness (QED) is 0.839. The fourth-order valence-electron chi connectivity index (χ4n) is 1.92. The molecule has 2 rings (SSSR count). The molecule has 0 amide bonds. The number of benzene rings is 1. The highest BCUT2D eigenvalue weighted by molar-refractivity contribution is 6.31. The van der Waals surface area contributed by atoms with Crippen molar-refractivity contribution in [2.45, 2.75) is 19.0 Å². The third-order valence-electron chi connectivity index (χ3n) is 2.73. The average Bonchev–Trinajstić information content (AvgIpc) is 2.59. The van der Waals surface area contributed by atoms with Gasteiger partial charge >= 0.3 is 0 Å². The summed E-state index contributed by atoms with van der Waals surface area (Å²) in [5.74, 6) is -0.349. The van der Waals surface area contributed by atoms with Gasteiger partial charge < -0.3 is 5.73 Å². The third kappa shape index (κ3) is 2.48. The number of likely N-dealkylation sites (tertiary alicyclic amines) is 1. The SMILES string of the molecule is N[C@@H]1CCN(Cc2cccc(F)c2Cl)C1. The van der Waals surface area contributed by atoms with E-state index in [0.717, 1.165) is 25.1 Å². The first-order chi connectivity index (χ1) is 7.16. The summed E-state index contributed by atoms with van der Waals surface area (Å²) >= 11 is 5.88. The molecule has 15 heavy (non-hydrogen) atoms. The molecule has 4 heteroatoms. The van der Waals surface area contributed by atoms with Crippen LogP contribution in [0, 0.1) is 5.82 Å². The second-order valence-electron chi connectivity index (χ2n) is 4.00. The van der Waals surface area contributed by atoms with Gasteiger partial charge in [-0.3, -0.25) is 4.90 Å². The number of halogens is 2. The van der Waals surface area contributed by atoms with E-state index in [-0.39, 0.29) is 16.9 Å². The molecule has 0 aromatic heterocycles. The average molecular weight is 229 g/mol. The maximum atomic E-state index is 13.2. The standard InChI is InChI=1S/C11H14ClFN2/c12-11-8(2-1-3-10(11)13)6-15-5-4-9(14)7-15/h1-3,9H,4-7,14H2/t9-/m1/s1. The van der Waals surface area contributed by atoms with Gasteiger partial charge in [0.1, 0.15) is 5.82 Å². The molecule has 1 saturated heterocycles. The van der Waals surface area contributed by atoms with Crippen molar-refractivity contribution in [3.63, 3.8) is 0 Å². The van der Waals surface area contributed by atoms with Crippen LogP contribution in [0.2, 0.25) is 5.02 Å². The van der Waals surface area contributed by atoms with Crippen molar-refractivity contribution in [3.8, 4) is 0 Å². The first-order valence-corrected chi connectivity index (χ1v) is 5.45. The van der Waals surface area contributed by atoms with Gasteiger partial charge in [0.05, 0.1) is 5.02 Å². The Labute approximate surface area is 93.8 Å². The van der Waals surface area contributed by atoms with E-state index in [1.54, 1.807) is 6.07 Å².